The average Bonchev–Trinajstić information content (AvgIpc) is 2.82. The van der Waals surface area contributed by atoms with Crippen molar-refractivity contribution in [1.82, 2.24) is 10.6 Å². The molecule has 3 unspecified atom stereocenters. The molecule has 2 N–H and O–H groups in total. The van der Waals surface area contributed by atoms with E-state index >= 15 is 0 Å². The summed E-state index contributed by atoms with van der Waals surface area (Å²) < 4.78 is 0. The van der Waals surface area contributed by atoms with Gasteiger partial charge in [0.15, 0.2) is 0 Å². The van der Waals surface area contributed by atoms with Crippen LogP contribution >= 0.6 is 0 Å². The van der Waals surface area contributed by atoms with E-state index in [1.165, 1.54) is 6.42 Å². The van der Waals surface area contributed by atoms with Crippen molar-refractivity contribution in [3.8, 4) is 6.07 Å². The molecule has 2 bridgehead atoms. The Morgan fingerprint density at radius 2 is 2.00 bits per heavy atom. The van der Waals surface area contributed by atoms with Gasteiger partial charge in [-0.3, -0.25) is 9.59 Å². The van der Waals surface area contributed by atoms with Crippen LogP contribution in [-0.2, 0) is 9.59 Å². The van der Waals surface area contributed by atoms with Crippen LogP contribution in [0.5, 0.6) is 0 Å². The number of fused-ring (bicyclic) bond motifs is 2. The fourth-order valence-electron chi connectivity index (χ4n) is 4.06. The zero-order chi connectivity index (χ0) is 14.3. The van der Waals surface area contributed by atoms with Gasteiger partial charge in [-0.1, -0.05) is 20.8 Å². The number of rotatable bonds is 2. The standard InChI is InChI=1S/C14H21N3O2/c1-13(2)9-4-5-14(3,8-9)12(13)17-11(19)10(18)16-7-6-15/h9,12H,4-5,7-8H2,1-3H3,(H,16,18)(H,17,19). The molecular formula is C14H21N3O2. The highest BCUT2D eigenvalue weighted by Crippen LogP contribution is 2.62. The van der Waals surface area contributed by atoms with E-state index in [0.717, 1.165) is 12.8 Å². The lowest BCUT2D eigenvalue weighted by molar-refractivity contribution is -0.140. The Labute approximate surface area is 113 Å². The second-order valence-electron chi connectivity index (χ2n) is 6.66. The van der Waals surface area contributed by atoms with Crippen LogP contribution in [0.25, 0.3) is 0 Å². The number of carbonyl (C=O) groups excluding carboxylic acids is 2. The van der Waals surface area contributed by atoms with Gasteiger partial charge in [0.1, 0.15) is 6.54 Å². The zero-order valence-electron chi connectivity index (χ0n) is 11.7. The highest BCUT2D eigenvalue weighted by atomic mass is 16.2. The van der Waals surface area contributed by atoms with Gasteiger partial charge in [0.25, 0.3) is 0 Å². The molecule has 5 nitrogen and oxygen atoms in total. The lowest BCUT2D eigenvalue weighted by Crippen LogP contribution is -2.55. The third kappa shape index (κ3) is 2.20. The maximum atomic E-state index is 11.9. The molecular weight excluding hydrogens is 242 g/mol. The fraction of sp³-hybridized carbons (Fsp3) is 0.786. The maximum Gasteiger partial charge on any atom is 0.310 e. The molecule has 0 heterocycles. The quantitative estimate of drug-likeness (QED) is 0.575. The lowest BCUT2D eigenvalue weighted by atomic mass is 9.68. The first-order valence-electron chi connectivity index (χ1n) is 6.77. The van der Waals surface area contributed by atoms with Crippen LogP contribution in [0.3, 0.4) is 0 Å². The van der Waals surface area contributed by atoms with Gasteiger partial charge in [0, 0.05) is 6.04 Å². The molecule has 0 aromatic heterocycles. The van der Waals surface area contributed by atoms with Crippen LogP contribution in [0.15, 0.2) is 0 Å². The lowest BCUT2D eigenvalue weighted by Gasteiger charge is -2.42. The molecule has 19 heavy (non-hydrogen) atoms. The molecule has 2 rings (SSSR count). The van der Waals surface area contributed by atoms with Gasteiger partial charge in [0.2, 0.25) is 0 Å². The van der Waals surface area contributed by atoms with Gasteiger partial charge >= 0.3 is 11.8 Å². The summed E-state index contributed by atoms with van der Waals surface area (Å²) in [6.07, 6.45) is 3.42. The maximum absolute atomic E-state index is 11.9. The number of hydrogen-bond acceptors (Lipinski definition) is 3. The molecule has 2 amide bonds. The van der Waals surface area contributed by atoms with E-state index in [2.05, 4.69) is 31.4 Å². The molecule has 0 aromatic rings. The molecule has 0 saturated heterocycles. The summed E-state index contributed by atoms with van der Waals surface area (Å²) >= 11 is 0. The van der Waals surface area contributed by atoms with Crippen LogP contribution in [0.2, 0.25) is 0 Å². The van der Waals surface area contributed by atoms with Crippen LogP contribution in [-0.4, -0.2) is 24.4 Å². The van der Waals surface area contributed by atoms with Gasteiger partial charge in [-0.15, -0.1) is 0 Å². The third-order valence-corrected chi connectivity index (χ3v) is 5.08. The summed E-state index contributed by atoms with van der Waals surface area (Å²) in [7, 11) is 0. The van der Waals surface area contributed by atoms with Crippen molar-refractivity contribution in [2.24, 2.45) is 16.7 Å². The Balaban J connectivity index is 2.05. The van der Waals surface area contributed by atoms with Gasteiger partial charge in [0.05, 0.1) is 6.07 Å². The molecule has 2 aliphatic rings. The SMILES string of the molecule is CC12CCC(C1)C(C)(C)C2NC(=O)C(=O)NCC#N. The Hall–Kier alpha value is -1.57. The summed E-state index contributed by atoms with van der Waals surface area (Å²) in [5, 5.41) is 13.6. The van der Waals surface area contributed by atoms with Gasteiger partial charge in [-0.2, -0.15) is 5.26 Å². The number of nitriles is 1. The second kappa shape index (κ2) is 4.52. The van der Waals surface area contributed by atoms with E-state index in [-0.39, 0.29) is 23.4 Å². The average molecular weight is 263 g/mol. The minimum absolute atomic E-state index is 0.0260. The third-order valence-electron chi connectivity index (χ3n) is 5.08. The number of nitrogens with one attached hydrogen (secondary N) is 2. The Morgan fingerprint density at radius 3 is 2.53 bits per heavy atom. The Morgan fingerprint density at radius 1 is 1.32 bits per heavy atom. The van der Waals surface area contributed by atoms with Crippen molar-refractivity contribution in [2.75, 3.05) is 6.54 Å². The minimum Gasteiger partial charge on any atom is -0.344 e. The van der Waals surface area contributed by atoms with Crippen molar-refractivity contribution in [3.05, 3.63) is 0 Å². The molecule has 3 atom stereocenters. The first-order valence-corrected chi connectivity index (χ1v) is 6.77. The predicted octanol–water partition coefficient (Wildman–Crippen LogP) is 0.957. The van der Waals surface area contributed by atoms with Gasteiger partial charge in [-0.05, 0) is 36.0 Å². The Kier molecular flexibility index (Phi) is 3.29. The molecule has 5 heteroatoms. The normalized spacial score (nSPS) is 34.6. The van der Waals surface area contributed by atoms with Crippen molar-refractivity contribution in [2.45, 2.75) is 46.1 Å². The number of carbonyl (C=O) groups is 2. The summed E-state index contributed by atoms with van der Waals surface area (Å²) in [6.45, 7) is 6.39. The number of amides is 2. The highest BCUT2D eigenvalue weighted by Gasteiger charge is 2.59. The molecule has 0 spiro atoms. The van der Waals surface area contributed by atoms with E-state index in [1.54, 1.807) is 6.07 Å². The van der Waals surface area contributed by atoms with Gasteiger partial charge < -0.3 is 10.6 Å². The molecule has 2 saturated carbocycles. The zero-order valence-corrected chi connectivity index (χ0v) is 11.7. The summed E-state index contributed by atoms with van der Waals surface area (Å²) in [5.74, 6) is -0.726. The molecule has 0 aliphatic heterocycles. The van der Waals surface area contributed by atoms with Crippen molar-refractivity contribution in [1.29, 1.82) is 5.26 Å². The number of hydrogen-bond donors (Lipinski definition) is 2. The monoisotopic (exact) mass is 263 g/mol. The Bertz CT molecular complexity index is 447. The molecule has 2 fully saturated rings. The molecule has 0 radical (unpaired) electrons. The van der Waals surface area contributed by atoms with Crippen LogP contribution in [0.1, 0.15) is 40.0 Å². The first kappa shape index (κ1) is 13.9. The molecule has 2 aliphatic carbocycles. The molecule has 104 valence electrons. The smallest absolute Gasteiger partial charge is 0.310 e. The van der Waals surface area contributed by atoms with Crippen molar-refractivity contribution in [3.63, 3.8) is 0 Å². The predicted molar refractivity (Wildman–Crippen MR) is 69.8 cm³/mol. The number of nitrogens with zero attached hydrogens (tertiary/aromatic N) is 1. The topological polar surface area (TPSA) is 82.0 Å². The summed E-state index contributed by atoms with van der Waals surface area (Å²) in [6, 6.07) is 1.81. The van der Waals surface area contributed by atoms with Crippen LogP contribution in [0.4, 0.5) is 0 Å². The van der Waals surface area contributed by atoms with Crippen LogP contribution < -0.4 is 10.6 Å². The largest absolute Gasteiger partial charge is 0.344 e. The van der Waals surface area contributed by atoms with E-state index < -0.39 is 11.8 Å². The minimum atomic E-state index is -0.719. The molecule has 0 aromatic carbocycles. The van der Waals surface area contributed by atoms with E-state index in [0.29, 0.717) is 5.92 Å². The van der Waals surface area contributed by atoms with Crippen molar-refractivity contribution >= 4 is 11.8 Å². The van der Waals surface area contributed by atoms with E-state index in [9.17, 15) is 9.59 Å². The first-order chi connectivity index (χ1) is 8.81. The second-order valence-corrected chi connectivity index (χ2v) is 6.66. The van der Waals surface area contributed by atoms with Crippen LogP contribution in [0, 0.1) is 28.1 Å². The van der Waals surface area contributed by atoms with E-state index in [1.807, 2.05) is 0 Å². The van der Waals surface area contributed by atoms with Crippen molar-refractivity contribution < 1.29 is 9.59 Å². The summed E-state index contributed by atoms with van der Waals surface area (Å²) in [5.41, 5.74) is 0.123. The van der Waals surface area contributed by atoms with Gasteiger partial charge in [-0.25, -0.2) is 0 Å². The fourth-order valence-corrected chi connectivity index (χ4v) is 4.06. The van der Waals surface area contributed by atoms with E-state index in [4.69, 9.17) is 5.26 Å². The summed E-state index contributed by atoms with van der Waals surface area (Å²) in [4.78, 5) is 23.4. The highest BCUT2D eigenvalue weighted by molar-refractivity contribution is 6.35.